The molecule has 2 aliphatic rings. The topological polar surface area (TPSA) is 12.0 Å². The van der Waals surface area contributed by atoms with Crippen molar-refractivity contribution in [2.24, 2.45) is 5.89 Å². The molecule has 1 aliphatic heterocycles. The van der Waals surface area contributed by atoms with Gasteiger partial charge < -0.3 is 5.31 Å². The van der Waals surface area contributed by atoms with Crippen molar-refractivity contribution in [2.45, 2.75) is 31.0 Å². The van der Waals surface area contributed by atoms with Gasteiger partial charge in [-0.3, -0.25) is 0 Å². The molecule has 13 heavy (non-hydrogen) atoms. The second-order valence-corrected chi connectivity index (χ2v) is 3.94. The number of alkyl halides is 1. The third-order valence-corrected chi connectivity index (χ3v) is 2.43. The van der Waals surface area contributed by atoms with Crippen molar-refractivity contribution in [3.05, 3.63) is 22.3 Å². The smallest absolute Gasteiger partial charge is 0.160 e. The molecular weight excluding hydrogens is 249 g/mol. The second-order valence-electron chi connectivity index (χ2n) is 2.70. The van der Waals surface area contributed by atoms with Gasteiger partial charge in [-0.2, -0.15) is 0 Å². The molecule has 0 radical (unpaired) electrons. The average molecular weight is 271 g/mol. The van der Waals surface area contributed by atoms with Crippen LogP contribution in [0.1, 0.15) is 29.3 Å². The highest BCUT2D eigenvalue weighted by Gasteiger charge is 2.31. The van der Waals surface area contributed by atoms with Gasteiger partial charge in [0.15, 0.2) is 1.41 Å². The molecule has 1 nitrogen and oxygen atoms in total. The number of nitrogens with one attached hydrogen (secondary N) is 1. The third-order valence-electron chi connectivity index (χ3n) is 1.69. The summed E-state index contributed by atoms with van der Waals surface area (Å²) in [6, 6.07) is -2.25. The summed E-state index contributed by atoms with van der Waals surface area (Å²) in [5.41, 5.74) is -0.326. The molecule has 1 heterocycles. The molecule has 3 unspecified atom stereocenters. The molecule has 1 N–H and O–H groups in total. The lowest BCUT2D eigenvalue weighted by Gasteiger charge is -2.36. The summed E-state index contributed by atoms with van der Waals surface area (Å²) >= 11 is 9.00. The Bertz CT molecular complexity index is 557. The number of piperidine rings is 1. The maximum Gasteiger partial charge on any atom is 0.160 e. The van der Waals surface area contributed by atoms with Crippen LogP contribution in [0.2, 0.25) is 1.41 Å². The van der Waals surface area contributed by atoms with E-state index in [9.17, 15) is 0 Å². The van der Waals surface area contributed by atoms with Crippen LogP contribution in [0.3, 0.4) is 0 Å². The Morgan fingerprint density at radius 3 is 3.38 bits per heavy atom. The minimum atomic E-state index is -2.85. The van der Waals surface area contributed by atoms with Crippen LogP contribution in [0.15, 0.2) is 22.3 Å². The fraction of sp³-hybridized carbons (Fsp3) is 0.600. The van der Waals surface area contributed by atoms with E-state index in [1.165, 1.54) is 12.2 Å². The number of rotatable bonds is 0. The lowest BCUT2D eigenvalue weighted by atomic mass is 9.86. The van der Waals surface area contributed by atoms with E-state index in [-0.39, 0.29) is 10.2 Å². The first-order chi connectivity index (χ1) is 9.17. The van der Waals surface area contributed by atoms with E-state index in [4.69, 9.17) is 22.6 Å². The summed E-state index contributed by atoms with van der Waals surface area (Å²) in [5.74, 6) is -2.60. The summed E-state index contributed by atoms with van der Waals surface area (Å²) in [4.78, 5) is 0. The zero-order chi connectivity index (χ0) is 16.6. The van der Waals surface area contributed by atoms with E-state index in [0.717, 1.165) is 6.92 Å². The Labute approximate surface area is 104 Å². The minimum absolute atomic E-state index is 0.0659. The highest BCUT2D eigenvalue weighted by Crippen LogP contribution is 2.36. The summed E-state index contributed by atoms with van der Waals surface area (Å²) < 4.78 is 64.8. The van der Waals surface area contributed by atoms with Gasteiger partial charge in [0.1, 0.15) is 0 Å². The van der Waals surface area contributed by atoms with Crippen LogP contribution in [0.5, 0.6) is 0 Å². The van der Waals surface area contributed by atoms with Crippen LogP contribution >= 0.6 is 27.5 Å². The molecule has 1 fully saturated rings. The van der Waals surface area contributed by atoms with Crippen LogP contribution in [0.4, 0.5) is 0 Å². The van der Waals surface area contributed by atoms with Crippen LogP contribution in [-0.4, -0.2) is 11.4 Å². The Hall–Kier alpha value is 0.0500. The Morgan fingerprint density at radius 1 is 1.85 bits per heavy atom. The van der Waals surface area contributed by atoms with Crippen molar-refractivity contribution in [3.63, 3.8) is 0 Å². The standard InChI is InChI=1S/C10H13BrClN/c1-6-4-9(12)8-5-7(11)2-3-10(8)13-6/h2-3,6,8-9,13H,4-5H2,1H3/i4D2,5D2,6D,8D,9D/hD. The van der Waals surface area contributed by atoms with Crippen LogP contribution < -0.4 is 5.31 Å². The largest absolute Gasteiger partial charge is 0.386 e. The highest BCUT2D eigenvalue weighted by molar-refractivity contribution is 9.11. The molecule has 0 saturated carbocycles. The van der Waals surface area contributed by atoms with Crippen molar-refractivity contribution < 1.29 is 11.0 Å². The minimum Gasteiger partial charge on any atom is -0.386 e. The fourth-order valence-electron chi connectivity index (χ4n) is 1.15. The first-order valence-corrected chi connectivity index (χ1v) is 4.91. The lowest BCUT2D eigenvalue weighted by Crippen LogP contribution is -2.41. The zero-order valence-corrected chi connectivity index (χ0v) is 9.20. The van der Waals surface area contributed by atoms with E-state index in [2.05, 4.69) is 15.9 Å². The average Bonchev–Trinajstić information content (AvgIpc) is 2.34. The van der Waals surface area contributed by atoms with E-state index >= 15 is 0 Å². The molecule has 3 atom stereocenters. The molecule has 0 aromatic carbocycles. The van der Waals surface area contributed by atoms with Gasteiger partial charge in [-0.15, -0.1) is 11.6 Å². The number of fused-ring (bicyclic) bond motifs is 1. The molecule has 2 rings (SSSR count). The zero-order valence-electron chi connectivity index (χ0n) is 14.9. The number of halogens is 2. The number of hydrogen-bond donors (Lipinski definition) is 1. The lowest BCUT2D eigenvalue weighted by molar-refractivity contribution is 0.387. The monoisotopic (exact) mass is 269 g/mol. The third kappa shape index (κ3) is 1.94. The van der Waals surface area contributed by atoms with Gasteiger partial charge in [-0.05, 0) is 30.2 Å². The van der Waals surface area contributed by atoms with Crippen LogP contribution in [-0.2, 0) is 0 Å². The molecule has 3 heteroatoms. The normalized spacial score (nSPS) is 73.0. The van der Waals surface area contributed by atoms with Gasteiger partial charge in [-0.25, -0.2) is 0 Å². The highest BCUT2D eigenvalue weighted by atomic mass is 79.9. The molecule has 0 bridgehead atoms. The Morgan fingerprint density at radius 2 is 2.62 bits per heavy atom. The SMILES string of the molecule is [2H]N1C2=CC=C(Br)C([2H])([2H])C2([2H])C([2H])(Cl)C([2H])([2H])C1([2H])C. The molecule has 1 saturated heterocycles. The van der Waals surface area contributed by atoms with Crippen molar-refractivity contribution >= 4 is 27.5 Å². The predicted octanol–water partition coefficient (Wildman–Crippen LogP) is 3.16. The van der Waals surface area contributed by atoms with Crippen molar-refractivity contribution in [2.75, 3.05) is 0 Å². The van der Waals surface area contributed by atoms with Gasteiger partial charge >= 0.3 is 0 Å². The number of allylic oxidation sites excluding steroid dienone is 4. The van der Waals surface area contributed by atoms with Gasteiger partial charge in [0, 0.05) is 31.2 Å². The quantitative estimate of drug-likeness (QED) is 0.667. The fourth-order valence-corrected chi connectivity index (χ4v) is 1.76. The number of hydrogen-bond acceptors (Lipinski definition) is 1. The van der Waals surface area contributed by atoms with Gasteiger partial charge in [0.05, 0.1) is 1.37 Å². The van der Waals surface area contributed by atoms with Crippen molar-refractivity contribution in [1.29, 1.82) is 0 Å². The summed E-state index contributed by atoms with van der Waals surface area (Å²) in [6.07, 6.45) is -2.86. The predicted molar refractivity (Wildman–Crippen MR) is 60.1 cm³/mol. The Balaban J connectivity index is 2.85. The van der Waals surface area contributed by atoms with Crippen LogP contribution in [0.25, 0.3) is 0 Å². The summed E-state index contributed by atoms with van der Waals surface area (Å²) in [7, 11) is 0. The maximum absolute atomic E-state index is 8.46. The van der Waals surface area contributed by atoms with Gasteiger partial charge in [0.2, 0.25) is 0 Å². The molecule has 0 amide bonds. The summed E-state index contributed by atoms with van der Waals surface area (Å²) in [6.45, 7) is 1.08. The molecular formula is C10H13BrClN. The van der Waals surface area contributed by atoms with Gasteiger partial charge in [0.25, 0.3) is 0 Å². The maximum atomic E-state index is 8.46. The van der Waals surface area contributed by atoms with E-state index in [0.29, 0.717) is 5.31 Å². The van der Waals surface area contributed by atoms with E-state index in [1.807, 2.05) is 0 Å². The van der Waals surface area contributed by atoms with E-state index < -0.39 is 30.0 Å². The summed E-state index contributed by atoms with van der Waals surface area (Å²) in [5, 5.41) is -2.38. The molecule has 0 aromatic heterocycles. The molecule has 0 aromatic rings. The Kier molecular flexibility index (Phi) is 1.10. The van der Waals surface area contributed by atoms with Crippen LogP contribution in [0, 0.1) is 5.89 Å². The molecule has 1 aliphatic carbocycles. The molecule has 0 spiro atoms. The second kappa shape index (κ2) is 3.66. The van der Waals surface area contributed by atoms with E-state index in [1.54, 1.807) is 0 Å². The molecule has 72 valence electrons. The first-order valence-electron chi connectivity index (χ1n) is 7.68. The van der Waals surface area contributed by atoms with Gasteiger partial charge in [-0.1, -0.05) is 22.0 Å². The first kappa shape index (κ1) is 3.90. The van der Waals surface area contributed by atoms with Crippen molar-refractivity contribution in [3.8, 4) is 0 Å². The van der Waals surface area contributed by atoms with Crippen molar-refractivity contribution in [1.82, 2.24) is 5.31 Å².